The first kappa shape index (κ1) is 16.6. The highest BCUT2D eigenvalue weighted by atomic mass is 19.3. The van der Waals surface area contributed by atoms with Gasteiger partial charge < -0.3 is 5.32 Å². The van der Waals surface area contributed by atoms with Crippen molar-refractivity contribution in [1.82, 2.24) is 20.4 Å². The Morgan fingerprint density at radius 3 is 2.79 bits per heavy atom. The Labute approximate surface area is 139 Å². The second-order valence-electron chi connectivity index (χ2n) is 6.18. The molecule has 1 saturated heterocycles. The van der Waals surface area contributed by atoms with Gasteiger partial charge in [0.25, 0.3) is 5.92 Å². The van der Waals surface area contributed by atoms with Crippen LogP contribution in [0.5, 0.6) is 0 Å². The van der Waals surface area contributed by atoms with Crippen LogP contribution in [0.4, 0.5) is 8.78 Å². The van der Waals surface area contributed by atoms with Crippen LogP contribution in [-0.2, 0) is 11.3 Å². The summed E-state index contributed by atoms with van der Waals surface area (Å²) in [6.45, 7) is 3.68. The van der Waals surface area contributed by atoms with Crippen molar-refractivity contribution in [3.05, 3.63) is 47.3 Å². The minimum atomic E-state index is -2.82. The first-order valence-electron chi connectivity index (χ1n) is 7.86. The Morgan fingerprint density at radius 2 is 2.17 bits per heavy atom. The molecule has 7 heteroatoms. The van der Waals surface area contributed by atoms with E-state index >= 15 is 0 Å². The fraction of sp³-hybridized carbons (Fsp3) is 0.412. The van der Waals surface area contributed by atoms with Crippen molar-refractivity contribution in [3.63, 3.8) is 0 Å². The van der Waals surface area contributed by atoms with E-state index < -0.39 is 30.8 Å². The zero-order chi connectivity index (χ0) is 17.3. The number of nitrogens with zero attached hydrogens (tertiary/aromatic N) is 2. The SMILES string of the molecule is Cc1cc(C)n(-c2ccccc2CNC(=O)C2CC(F)(F)CN2)n1. The van der Waals surface area contributed by atoms with Crippen LogP contribution in [0.1, 0.15) is 23.4 Å². The van der Waals surface area contributed by atoms with E-state index in [2.05, 4.69) is 15.7 Å². The second-order valence-corrected chi connectivity index (χ2v) is 6.18. The minimum absolute atomic E-state index is 0.261. The maximum atomic E-state index is 13.2. The molecule has 1 aliphatic heterocycles. The molecule has 2 heterocycles. The number of carbonyl (C=O) groups is 1. The Morgan fingerprint density at radius 1 is 1.42 bits per heavy atom. The molecule has 24 heavy (non-hydrogen) atoms. The molecule has 0 saturated carbocycles. The molecule has 0 aliphatic carbocycles. The Bertz CT molecular complexity index is 757. The van der Waals surface area contributed by atoms with E-state index in [1.54, 1.807) is 0 Å². The van der Waals surface area contributed by atoms with E-state index in [1.165, 1.54) is 0 Å². The molecule has 1 aromatic carbocycles. The highest BCUT2D eigenvalue weighted by Crippen LogP contribution is 2.25. The number of rotatable bonds is 4. The van der Waals surface area contributed by atoms with Gasteiger partial charge in [-0.25, -0.2) is 13.5 Å². The first-order chi connectivity index (χ1) is 11.4. The second kappa shape index (κ2) is 6.32. The van der Waals surface area contributed by atoms with E-state index in [0.29, 0.717) is 0 Å². The normalized spacial score (nSPS) is 19.4. The van der Waals surface area contributed by atoms with Crippen LogP contribution >= 0.6 is 0 Å². The number of carbonyl (C=O) groups excluding carboxylic acids is 1. The van der Waals surface area contributed by atoms with Gasteiger partial charge in [0.05, 0.1) is 24.0 Å². The molecule has 1 atom stereocenters. The number of nitrogens with one attached hydrogen (secondary N) is 2. The summed E-state index contributed by atoms with van der Waals surface area (Å²) in [5, 5.41) is 9.76. The Balaban J connectivity index is 1.72. The zero-order valence-corrected chi connectivity index (χ0v) is 13.6. The van der Waals surface area contributed by atoms with Crippen molar-refractivity contribution in [2.24, 2.45) is 0 Å². The predicted molar refractivity (Wildman–Crippen MR) is 86.2 cm³/mol. The van der Waals surface area contributed by atoms with Crippen molar-refractivity contribution < 1.29 is 13.6 Å². The van der Waals surface area contributed by atoms with Gasteiger partial charge >= 0.3 is 0 Å². The minimum Gasteiger partial charge on any atom is -0.351 e. The highest BCUT2D eigenvalue weighted by molar-refractivity contribution is 5.82. The average molecular weight is 334 g/mol. The molecule has 1 amide bonds. The molecule has 1 unspecified atom stereocenters. The van der Waals surface area contributed by atoms with Crippen LogP contribution < -0.4 is 10.6 Å². The summed E-state index contributed by atoms with van der Waals surface area (Å²) >= 11 is 0. The van der Waals surface area contributed by atoms with Gasteiger partial charge in [-0.05, 0) is 31.5 Å². The molecule has 0 bridgehead atoms. The number of hydrogen-bond acceptors (Lipinski definition) is 3. The van der Waals surface area contributed by atoms with Gasteiger partial charge in [0.15, 0.2) is 0 Å². The summed E-state index contributed by atoms with van der Waals surface area (Å²) in [5.41, 5.74) is 3.64. The number of aryl methyl sites for hydroxylation is 2. The topological polar surface area (TPSA) is 59.0 Å². The molecule has 0 radical (unpaired) electrons. The number of para-hydroxylation sites is 1. The number of benzene rings is 1. The van der Waals surface area contributed by atoms with Crippen LogP contribution in [0.15, 0.2) is 30.3 Å². The maximum absolute atomic E-state index is 13.2. The summed E-state index contributed by atoms with van der Waals surface area (Å²) in [4.78, 5) is 12.1. The molecule has 128 valence electrons. The average Bonchev–Trinajstić information content (AvgIpc) is 3.06. The molecule has 5 nitrogen and oxygen atoms in total. The van der Waals surface area contributed by atoms with Crippen LogP contribution in [0.2, 0.25) is 0 Å². The predicted octanol–water partition coefficient (Wildman–Crippen LogP) is 2.10. The Hall–Kier alpha value is -2.28. The van der Waals surface area contributed by atoms with Gasteiger partial charge in [-0.1, -0.05) is 18.2 Å². The summed E-state index contributed by atoms with van der Waals surface area (Å²) < 4.78 is 28.2. The lowest BCUT2D eigenvalue weighted by Crippen LogP contribution is -2.40. The third-order valence-electron chi connectivity index (χ3n) is 4.11. The third-order valence-corrected chi connectivity index (χ3v) is 4.11. The van der Waals surface area contributed by atoms with E-state index in [1.807, 2.05) is 48.9 Å². The molecular formula is C17H20F2N4O. The van der Waals surface area contributed by atoms with Crippen molar-refractivity contribution in [1.29, 1.82) is 0 Å². The van der Waals surface area contributed by atoms with Crippen molar-refractivity contribution in [2.75, 3.05) is 6.54 Å². The maximum Gasteiger partial charge on any atom is 0.262 e. The molecule has 1 aromatic heterocycles. The third kappa shape index (κ3) is 3.46. The lowest BCUT2D eigenvalue weighted by atomic mass is 10.1. The van der Waals surface area contributed by atoms with E-state index in [0.717, 1.165) is 22.6 Å². The van der Waals surface area contributed by atoms with Gasteiger partial charge in [0, 0.05) is 18.7 Å². The van der Waals surface area contributed by atoms with Gasteiger partial charge in [0.2, 0.25) is 5.91 Å². The van der Waals surface area contributed by atoms with Crippen molar-refractivity contribution in [3.8, 4) is 5.69 Å². The highest BCUT2D eigenvalue weighted by Gasteiger charge is 2.42. The molecule has 3 rings (SSSR count). The van der Waals surface area contributed by atoms with Crippen LogP contribution in [-0.4, -0.2) is 34.2 Å². The van der Waals surface area contributed by atoms with Crippen molar-refractivity contribution in [2.45, 2.75) is 38.8 Å². The number of halogens is 2. The standard InChI is InChI=1S/C17H20F2N4O/c1-11-7-12(2)23(22-11)15-6-4-3-5-13(15)9-20-16(24)14-8-17(18,19)10-21-14/h3-7,14,21H,8-10H2,1-2H3,(H,20,24). The first-order valence-corrected chi connectivity index (χ1v) is 7.86. The van der Waals surface area contributed by atoms with Crippen LogP contribution in [0.3, 0.4) is 0 Å². The summed E-state index contributed by atoms with van der Waals surface area (Å²) in [5.74, 6) is -3.22. The largest absolute Gasteiger partial charge is 0.351 e. The molecule has 0 spiro atoms. The quantitative estimate of drug-likeness (QED) is 0.900. The monoisotopic (exact) mass is 334 g/mol. The van der Waals surface area contributed by atoms with Crippen LogP contribution in [0.25, 0.3) is 5.69 Å². The number of aromatic nitrogens is 2. The fourth-order valence-corrected chi connectivity index (χ4v) is 2.95. The summed E-state index contributed by atoms with van der Waals surface area (Å²) in [7, 11) is 0. The van der Waals surface area contributed by atoms with Crippen molar-refractivity contribution >= 4 is 5.91 Å². The molecule has 1 fully saturated rings. The smallest absolute Gasteiger partial charge is 0.262 e. The van der Waals surface area contributed by atoms with E-state index in [9.17, 15) is 13.6 Å². The van der Waals surface area contributed by atoms with Crippen LogP contribution in [0, 0.1) is 13.8 Å². The molecule has 1 aliphatic rings. The van der Waals surface area contributed by atoms with Gasteiger partial charge in [-0.15, -0.1) is 0 Å². The molecular weight excluding hydrogens is 314 g/mol. The summed E-state index contributed by atoms with van der Waals surface area (Å²) in [6, 6.07) is 8.71. The number of alkyl halides is 2. The Kier molecular flexibility index (Phi) is 4.36. The van der Waals surface area contributed by atoms with Gasteiger partial charge in [0.1, 0.15) is 0 Å². The number of amides is 1. The van der Waals surface area contributed by atoms with E-state index in [-0.39, 0.29) is 6.54 Å². The number of hydrogen-bond donors (Lipinski definition) is 2. The molecule has 2 N–H and O–H groups in total. The lowest BCUT2D eigenvalue weighted by Gasteiger charge is -2.14. The van der Waals surface area contributed by atoms with Gasteiger partial charge in [-0.2, -0.15) is 5.10 Å². The zero-order valence-electron chi connectivity index (χ0n) is 13.6. The van der Waals surface area contributed by atoms with Gasteiger partial charge in [-0.3, -0.25) is 10.1 Å². The van der Waals surface area contributed by atoms with E-state index in [4.69, 9.17) is 0 Å². The molecule has 2 aromatic rings. The summed E-state index contributed by atoms with van der Waals surface area (Å²) in [6.07, 6.45) is -0.460. The lowest BCUT2D eigenvalue weighted by molar-refractivity contribution is -0.123. The fourth-order valence-electron chi connectivity index (χ4n) is 2.95.